The summed E-state index contributed by atoms with van der Waals surface area (Å²) in [6, 6.07) is 5.38. The zero-order chi connectivity index (χ0) is 15.2. The van der Waals surface area contributed by atoms with Crippen LogP contribution in [0.15, 0.2) is 24.4 Å². The lowest BCUT2D eigenvalue weighted by molar-refractivity contribution is 0.305. The Balaban J connectivity index is 2.03. The summed E-state index contributed by atoms with van der Waals surface area (Å²) in [5, 5.41) is 3.13. The van der Waals surface area contributed by atoms with E-state index in [-0.39, 0.29) is 5.82 Å². The van der Waals surface area contributed by atoms with E-state index < -0.39 is 0 Å². The summed E-state index contributed by atoms with van der Waals surface area (Å²) >= 11 is 0. The van der Waals surface area contributed by atoms with Crippen LogP contribution >= 0.6 is 0 Å². The van der Waals surface area contributed by atoms with Crippen LogP contribution in [-0.2, 0) is 6.54 Å². The van der Waals surface area contributed by atoms with Gasteiger partial charge in [-0.05, 0) is 37.0 Å². The number of anilines is 1. The lowest BCUT2D eigenvalue weighted by Crippen LogP contribution is -2.06. The third-order valence-electron chi connectivity index (χ3n) is 3.03. The number of rotatable bonds is 6. The number of aromatic nitrogens is 2. The van der Waals surface area contributed by atoms with Gasteiger partial charge in [0.25, 0.3) is 0 Å². The zero-order valence-corrected chi connectivity index (χ0v) is 12.6. The lowest BCUT2D eigenvalue weighted by Gasteiger charge is -2.09. The predicted molar refractivity (Wildman–Crippen MR) is 81.0 cm³/mol. The van der Waals surface area contributed by atoms with Gasteiger partial charge in [0.2, 0.25) is 11.8 Å². The molecule has 0 spiro atoms. The molecule has 2 aromatic rings. The van der Waals surface area contributed by atoms with Crippen LogP contribution in [0.3, 0.4) is 0 Å². The van der Waals surface area contributed by atoms with Crippen molar-refractivity contribution < 1.29 is 9.13 Å². The number of hydrogen-bond donors (Lipinski definition) is 1. The zero-order valence-electron chi connectivity index (χ0n) is 12.6. The van der Waals surface area contributed by atoms with Gasteiger partial charge in [0, 0.05) is 18.8 Å². The molecule has 0 bridgehead atoms. The SMILES string of the molecule is CCCOc1ccnc(NCc2cc(C)c(F)c(C)c2)n1. The Morgan fingerprint density at radius 2 is 1.95 bits per heavy atom. The fourth-order valence-corrected chi connectivity index (χ4v) is 2.03. The molecule has 2 rings (SSSR count). The van der Waals surface area contributed by atoms with E-state index in [2.05, 4.69) is 15.3 Å². The van der Waals surface area contributed by atoms with Crippen LogP contribution in [0.25, 0.3) is 0 Å². The Morgan fingerprint density at radius 3 is 2.62 bits per heavy atom. The first-order chi connectivity index (χ1) is 10.1. The third kappa shape index (κ3) is 4.15. The summed E-state index contributed by atoms with van der Waals surface area (Å²) in [6.07, 6.45) is 2.59. The summed E-state index contributed by atoms with van der Waals surface area (Å²) < 4.78 is 19.0. The summed E-state index contributed by atoms with van der Waals surface area (Å²) in [5.41, 5.74) is 2.29. The van der Waals surface area contributed by atoms with Gasteiger partial charge < -0.3 is 10.1 Å². The van der Waals surface area contributed by atoms with E-state index in [1.807, 2.05) is 19.1 Å². The highest BCUT2D eigenvalue weighted by Gasteiger charge is 2.05. The van der Waals surface area contributed by atoms with E-state index in [1.54, 1.807) is 26.1 Å². The molecule has 0 atom stereocenters. The second-order valence-corrected chi connectivity index (χ2v) is 4.96. The number of nitrogens with zero attached hydrogens (tertiary/aromatic N) is 2. The fourth-order valence-electron chi connectivity index (χ4n) is 2.03. The predicted octanol–water partition coefficient (Wildman–Crippen LogP) is 3.63. The molecule has 21 heavy (non-hydrogen) atoms. The van der Waals surface area contributed by atoms with Gasteiger partial charge in [-0.25, -0.2) is 9.37 Å². The van der Waals surface area contributed by atoms with Gasteiger partial charge in [-0.1, -0.05) is 19.1 Å². The van der Waals surface area contributed by atoms with Gasteiger partial charge in [-0.15, -0.1) is 0 Å². The van der Waals surface area contributed by atoms with Gasteiger partial charge in [-0.2, -0.15) is 4.98 Å². The van der Waals surface area contributed by atoms with Crippen LogP contribution in [-0.4, -0.2) is 16.6 Å². The Labute approximate surface area is 124 Å². The van der Waals surface area contributed by atoms with E-state index in [4.69, 9.17) is 4.74 Å². The lowest BCUT2D eigenvalue weighted by atomic mass is 10.1. The summed E-state index contributed by atoms with van der Waals surface area (Å²) in [7, 11) is 0. The maximum Gasteiger partial charge on any atom is 0.226 e. The van der Waals surface area contributed by atoms with Crippen molar-refractivity contribution in [1.82, 2.24) is 9.97 Å². The van der Waals surface area contributed by atoms with E-state index in [0.717, 1.165) is 12.0 Å². The summed E-state index contributed by atoms with van der Waals surface area (Å²) in [4.78, 5) is 8.42. The number of hydrogen-bond acceptors (Lipinski definition) is 4. The molecule has 0 aliphatic rings. The normalized spacial score (nSPS) is 10.5. The molecule has 112 valence electrons. The van der Waals surface area contributed by atoms with E-state index in [0.29, 0.717) is 36.1 Å². The molecule has 0 aliphatic carbocycles. The molecule has 0 saturated carbocycles. The molecule has 0 aliphatic heterocycles. The first-order valence-corrected chi connectivity index (χ1v) is 7.05. The van der Waals surface area contributed by atoms with Crippen molar-refractivity contribution in [3.63, 3.8) is 0 Å². The molecule has 1 N–H and O–H groups in total. The van der Waals surface area contributed by atoms with Crippen LogP contribution in [0.2, 0.25) is 0 Å². The molecule has 0 amide bonds. The van der Waals surface area contributed by atoms with Crippen LogP contribution in [0.4, 0.5) is 10.3 Å². The second kappa shape index (κ2) is 7.02. The minimum absolute atomic E-state index is 0.148. The van der Waals surface area contributed by atoms with Crippen LogP contribution in [0.1, 0.15) is 30.0 Å². The molecule has 5 heteroatoms. The third-order valence-corrected chi connectivity index (χ3v) is 3.03. The quantitative estimate of drug-likeness (QED) is 0.882. The average molecular weight is 289 g/mol. The molecule has 0 saturated heterocycles. The number of benzene rings is 1. The Kier molecular flexibility index (Phi) is 5.09. The smallest absolute Gasteiger partial charge is 0.226 e. The van der Waals surface area contributed by atoms with Crippen LogP contribution in [0.5, 0.6) is 5.88 Å². The van der Waals surface area contributed by atoms with Crippen molar-refractivity contribution >= 4 is 5.95 Å². The topological polar surface area (TPSA) is 47.0 Å². The van der Waals surface area contributed by atoms with Gasteiger partial charge in [0.15, 0.2) is 0 Å². The van der Waals surface area contributed by atoms with E-state index >= 15 is 0 Å². The first kappa shape index (κ1) is 15.2. The highest BCUT2D eigenvalue weighted by Crippen LogP contribution is 2.16. The van der Waals surface area contributed by atoms with Crippen molar-refractivity contribution in [2.45, 2.75) is 33.7 Å². The van der Waals surface area contributed by atoms with Crippen molar-refractivity contribution in [3.8, 4) is 5.88 Å². The molecule has 0 unspecified atom stereocenters. The molecular formula is C16H20FN3O. The van der Waals surface area contributed by atoms with Gasteiger partial charge >= 0.3 is 0 Å². The highest BCUT2D eigenvalue weighted by atomic mass is 19.1. The summed E-state index contributed by atoms with van der Waals surface area (Å²) in [6.45, 7) is 6.74. The Morgan fingerprint density at radius 1 is 1.24 bits per heavy atom. The highest BCUT2D eigenvalue weighted by molar-refractivity contribution is 5.34. The monoisotopic (exact) mass is 289 g/mol. The number of nitrogens with one attached hydrogen (secondary N) is 1. The molecule has 4 nitrogen and oxygen atoms in total. The number of ether oxygens (including phenoxy) is 1. The number of aryl methyl sites for hydroxylation is 2. The average Bonchev–Trinajstić information content (AvgIpc) is 2.49. The van der Waals surface area contributed by atoms with Gasteiger partial charge in [0.05, 0.1) is 6.61 Å². The number of halogens is 1. The van der Waals surface area contributed by atoms with Crippen molar-refractivity contribution in [2.24, 2.45) is 0 Å². The molecule has 0 radical (unpaired) electrons. The van der Waals surface area contributed by atoms with E-state index in [1.165, 1.54) is 0 Å². The van der Waals surface area contributed by atoms with Crippen LogP contribution < -0.4 is 10.1 Å². The Bertz CT molecular complexity index is 593. The van der Waals surface area contributed by atoms with Crippen molar-refractivity contribution in [3.05, 3.63) is 46.9 Å². The molecule has 0 fully saturated rings. The largest absolute Gasteiger partial charge is 0.478 e. The molecule has 1 heterocycles. The fraction of sp³-hybridized carbons (Fsp3) is 0.375. The molecule has 1 aromatic carbocycles. The standard InChI is InChI=1S/C16H20FN3O/c1-4-7-21-14-5-6-18-16(20-14)19-10-13-8-11(2)15(17)12(3)9-13/h5-6,8-9H,4,7,10H2,1-3H3,(H,18,19,20). The van der Waals surface area contributed by atoms with Gasteiger partial charge in [-0.3, -0.25) is 0 Å². The second-order valence-electron chi connectivity index (χ2n) is 4.96. The molecular weight excluding hydrogens is 269 g/mol. The van der Waals surface area contributed by atoms with Crippen molar-refractivity contribution in [1.29, 1.82) is 0 Å². The maximum absolute atomic E-state index is 13.6. The minimum atomic E-state index is -0.148. The summed E-state index contributed by atoms with van der Waals surface area (Å²) in [5.74, 6) is 0.911. The van der Waals surface area contributed by atoms with E-state index in [9.17, 15) is 4.39 Å². The van der Waals surface area contributed by atoms with Crippen LogP contribution in [0, 0.1) is 19.7 Å². The Hall–Kier alpha value is -2.17. The van der Waals surface area contributed by atoms with Gasteiger partial charge in [0.1, 0.15) is 5.82 Å². The molecule has 1 aromatic heterocycles. The first-order valence-electron chi connectivity index (χ1n) is 7.05. The minimum Gasteiger partial charge on any atom is -0.478 e. The maximum atomic E-state index is 13.6. The van der Waals surface area contributed by atoms with Crippen molar-refractivity contribution in [2.75, 3.05) is 11.9 Å².